The lowest BCUT2D eigenvalue weighted by Gasteiger charge is -2.44. The first-order valence-electron chi connectivity index (χ1n) is 6.93. The molecule has 10 nitrogen and oxygen atoms in total. The number of aliphatic hydroxyl groups is 7. The van der Waals surface area contributed by atoms with Gasteiger partial charge in [-0.1, -0.05) is 0 Å². The fraction of sp³-hybridized carbons (Fsp3) is 1.00. The minimum Gasteiger partial charge on any atom is -0.394 e. The third-order valence-corrected chi connectivity index (χ3v) is 3.94. The number of ether oxygens (including phenoxy) is 3. The molecule has 2 aliphatic rings. The fourth-order valence-corrected chi connectivity index (χ4v) is 2.52. The van der Waals surface area contributed by atoms with Crippen molar-refractivity contribution in [3.63, 3.8) is 0 Å². The summed E-state index contributed by atoms with van der Waals surface area (Å²) >= 11 is 0. The summed E-state index contributed by atoms with van der Waals surface area (Å²) < 4.78 is 15.4. The second-order valence-corrected chi connectivity index (χ2v) is 5.51. The zero-order valence-corrected chi connectivity index (χ0v) is 11.8. The largest absolute Gasteiger partial charge is 0.394 e. The van der Waals surface area contributed by atoms with Gasteiger partial charge in [-0.25, -0.2) is 0 Å². The molecule has 2 saturated heterocycles. The lowest BCUT2D eigenvalue weighted by atomic mass is 9.97. The Bertz CT molecular complexity index is 366. The molecule has 10 heteroatoms. The van der Waals surface area contributed by atoms with E-state index in [4.69, 9.17) is 14.2 Å². The van der Waals surface area contributed by atoms with Crippen LogP contribution in [0.5, 0.6) is 0 Å². The Morgan fingerprint density at radius 1 is 0.818 bits per heavy atom. The smallest absolute Gasteiger partial charge is 0.187 e. The van der Waals surface area contributed by atoms with Crippen LogP contribution in [0, 0.1) is 0 Å². The van der Waals surface area contributed by atoms with E-state index in [-0.39, 0.29) is 0 Å². The van der Waals surface area contributed by atoms with Crippen molar-refractivity contribution in [3.8, 4) is 0 Å². The van der Waals surface area contributed by atoms with Crippen molar-refractivity contribution < 1.29 is 50.0 Å². The summed E-state index contributed by atoms with van der Waals surface area (Å²) in [4.78, 5) is 0. The highest BCUT2D eigenvalue weighted by Crippen LogP contribution is 2.28. The van der Waals surface area contributed by atoms with Gasteiger partial charge in [0.15, 0.2) is 12.6 Å². The van der Waals surface area contributed by atoms with Crippen molar-refractivity contribution in [1.82, 2.24) is 0 Å². The molecule has 2 rings (SSSR count). The summed E-state index contributed by atoms with van der Waals surface area (Å²) in [5.41, 5.74) is 0. The standard InChI is InChI=1S/C12H22O10/c1-3-5(14)6(15)9(18)12(20-3)22-10-4(2-13)21-11(19)8(17)7(10)16/h3-19H,2H2,1H3/t3-,4-,5-,6+,7-,8-,9+,10+,11-,12+/m1/s1. The van der Waals surface area contributed by atoms with Crippen LogP contribution in [-0.2, 0) is 14.2 Å². The number of hydrogen-bond donors (Lipinski definition) is 7. The molecule has 0 aromatic carbocycles. The monoisotopic (exact) mass is 326 g/mol. The molecule has 130 valence electrons. The van der Waals surface area contributed by atoms with E-state index in [1.54, 1.807) is 0 Å². The van der Waals surface area contributed by atoms with Crippen molar-refractivity contribution in [2.24, 2.45) is 0 Å². The molecular weight excluding hydrogens is 304 g/mol. The van der Waals surface area contributed by atoms with E-state index >= 15 is 0 Å². The Morgan fingerprint density at radius 3 is 2.05 bits per heavy atom. The Balaban J connectivity index is 2.10. The lowest BCUT2D eigenvalue weighted by Crippen LogP contribution is -2.63. The van der Waals surface area contributed by atoms with Crippen LogP contribution >= 0.6 is 0 Å². The van der Waals surface area contributed by atoms with E-state index in [0.717, 1.165) is 0 Å². The second-order valence-electron chi connectivity index (χ2n) is 5.51. The quantitative estimate of drug-likeness (QED) is 0.269. The highest BCUT2D eigenvalue weighted by molar-refractivity contribution is 4.93. The van der Waals surface area contributed by atoms with Gasteiger partial charge in [0.05, 0.1) is 12.7 Å². The molecule has 0 bridgehead atoms. The maximum absolute atomic E-state index is 9.93. The second kappa shape index (κ2) is 7.01. The van der Waals surface area contributed by atoms with Gasteiger partial charge in [0.25, 0.3) is 0 Å². The highest BCUT2D eigenvalue weighted by Gasteiger charge is 2.49. The highest BCUT2D eigenvalue weighted by atomic mass is 16.7. The Morgan fingerprint density at radius 2 is 1.45 bits per heavy atom. The van der Waals surface area contributed by atoms with E-state index in [2.05, 4.69) is 0 Å². The summed E-state index contributed by atoms with van der Waals surface area (Å²) in [6, 6.07) is 0. The zero-order chi connectivity index (χ0) is 16.6. The predicted molar refractivity (Wildman–Crippen MR) is 67.2 cm³/mol. The molecule has 0 aromatic heterocycles. The Hall–Kier alpha value is -0.400. The fourth-order valence-electron chi connectivity index (χ4n) is 2.52. The molecule has 0 unspecified atom stereocenters. The predicted octanol–water partition coefficient (Wildman–Crippen LogP) is -4.37. The van der Waals surface area contributed by atoms with Crippen LogP contribution in [0.4, 0.5) is 0 Å². The van der Waals surface area contributed by atoms with Gasteiger partial charge in [0, 0.05) is 0 Å². The third-order valence-electron chi connectivity index (χ3n) is 3.94. The van der Waals surface area contributed by atoms with Gasteiger partial charge in [0.1, 0.15) is 42.7 Å². The van der Waals surface area contributed by atoms with Crippen LogP contribution in [0.15, 0.2) is 0 Å². The number of hydrogen-bond acceptors (Lipinski definition) is 10. The Kier molecular flexibility index (Phi) is 5.72. The van der Waals surface area contributed by atoms with Gasteiger partial charge >= 0.3 is 0 Å². The molecule has 0 radical (unpaired) electrons. The first kappa shape index (κ1) is 17.9. The first-order valence-corrected chi connectivity index (χ1v) is 6.93. The van der Waals surface area contributed by atoms with Gasteiger partial charge < -0.3 is 50.0 Å². The molecule has 0 aromatic rings. The van der Waals surface area contributed by atoms with Crippen molar-refractivity contribution in [3.05, 3.63) is 0 Å². The molecule has 2 fully saturated rings. The van der Waals surface area contributed by atoms with Crippen molar-refractivity contribution >= 4 is 0 Å². The molecule has 0 saturated carbocycles. The van der Waals surface area contributed by atoms with E-state index in [9.17, 15) is 35.7 Å². The first-order chi connectivity index (χ1) is 10.3. The third kappa shape index (κ3) is 3.26. The minimum atomic E-state index is -1.70. The summed E-state index contributed by atoms with van der Waals surface area (Å²) in [7, 11) is 0. The van der Waals surface area contributed by atoms with E-state index in [0.29, 0.717) is 0 Å². The van der Waals surface area contributed by atoms with Crippen molar-refractivity contribution in [2.75, 3.05) is 6.61 Å². The SMILES string of the molecule is C[C@H]1O[C@@H](O[C@@H]2[C@H](O)[C@@H](O)[C@H](O)O[C@@H]2CO)[C@@H](O)[C@@H](O)[C@@H]1O. The topological polar surface area (TPSA) is 169 Å². The van der Waals surface area contributed by atoms with Crippen LogP contribution in [0.3, 0.4) is 0 Å². The van der Waals surface area contributed by atoms with Crippen LogP contribution in [0.25, 0.3) is 0 Å². The molecule has 7 N–H and O–H groups in total. The maximum atomic E-state index is 9.93. The van der Waals surface area contributed by atoms with E-state index < -0.39 is 68.0 Å². The number of aliphatic hydroxyl groups excluding tert-OH is 7. The molecule has 0 amide bonds. The van der Waals surface area contributed by atoms with Crippen LogP contribution in [0.2, 0.25) is 0 Å². The average Bonchev–Trinajstić information content (AvgIpc) is 2.50. The van der Waals surface area contributed by atoms with Crippen molar-refractivity contribution in [1.29, 1.82) is 0 Å². The summed E-state index contributed by atoms with van der Waals surface area (Å²) in [6.07, 6.45) is -14.2. The lowest BCUT2D eigenvalue weighted by molar-refractivity contribution is -0.352. The maximum Gasteiger partial charge on any atom is 0.187 e. The molecule has 0 aliphatic carbocycles. The molecule has 2 aliphatic heterocycles. The number of rotatable bonds is 3. The molecule has 10 atom stereocenters. The van der Waals surface area contributed by atoms with E-state index in [1.807, 2.05) is 0 Å². The van der Waals surface area contributed by atoms with E-state index in [1.165, 1.54) is 6.92 Å². The average molecular weight is 326 g/mol. The summed E-state index contributed by atoms with van der Waals surface area (Å²) in [6.45, 7) is 0.821. The van der Waals surface area contributed by atoms with Crippen LogP contribution < -0.4 is 0 Å². The molecule has 22 heavy (non-hydrogen) atoms. The van der Waals surface area contributed by atoms with Crippen LogP contribution in [0.1, 0.15) is 6.92 Å². The minimum absolute atomic E-state index is 0.630. The zero-order valence-electron chi connectivity index (χ0n) is 11.8. The summed E-state index contributed by atoms with van der Waals surface area (Å²) in [5.74, 6) is 0. The van der Waals surface area contributed by atoms with Gasteiger partial charge in [-0.15, -0.1) is 0 Å². The molecule has 0 spiro atoms. The van der Waals surface area contributed by atoms with Gasteiger partial charge in [-0.2, -0.15) is 0 Å². The van der Waals surface area contributed by atoms with Crippen LogP contribution in [-0.4, -0.2) is 104 Å². The van der Waals surface area contributed by atoms with Gasteiger partial charge in [0.2, 0.25) is 0 Å². The van der Waals surface area contributed by atoms with Crippen molar-refractivity contribution in [2.45, 2.75) is 68.3 Å². The normalized spacial score (nSPS) is 53.5. The van der Waals surface area contributed by atoms with Gasteiger partial charge in [-0.3, -0.25) is 0 Å². The van der Waals surface area contributed by atoms with Gasteiger partial charge in [-0.05, 0) is 6.92 Å². The summed E-state index contributed by atoms with van der Waals surface area (Å²) in [5, 5.41) is 67.3. The Labute approximate surface area is 126 Å². The molecular formula is C12H22O10. The molecule has 2 heterocycles.